The summed E-state index contributed by atoms with van der Waals surface area (Å²) >= 11 is 0. The molecule has 7 nitrogen and oxygen atoms in total. The molecule has 142 valence electrons. The molecule has 1 heterocycles. The van der Waals surface area contributed by atoms with E-state index in [-0.39, 0.29) is 23.9 Å². The fraction of sp³-hybridized carbons (Fsp3) is 0.526. The number of hydrogen-bond acceptors (Lipinski definition) is 4. The minimum absolute atomic E-state index is 0.0259. The Kier molecular flexibility index (Phi) is 7.15. The summed E-state index contributed by atoms with van der Waals surface area (Å²) in [6, 6.07) is 8.35. The lowest BCUT2D eigenvalue weighted by atomic mass is 10.0. The minimum Gasteiger partial charge on any atom is -0.349 e. The van der Waals surface area contributed by atoms with E-state index in [0.717, 1.165) is 12.8 Å². The molecular weight excluding hydrogens is 332 g/mol. The molecule has 0 aliphatic carbocycles. The lowest BCUT2D eigenvalue weighted by molar-refractivity contribution is -0.125. The quantitative estimate of drug-likeness (QED) is 0.742. The fourth-order valence-corrected chi connectivity index (χ4v) is 2.97. The van der Waals surface area contributed by atoms with Crippen molar-refractivity contribution in [2.75, 3.05) is 13.1 Å². The molecule has 1 aliphatic rings. The Labute approximate surface area is 154 Å². The van der Waals surface area contributed by atoms with Crippen molar-refractivity contribution in [3.8, 4) is 0 Å². The van der Waals surface area contributed by atoms with E-state index in [0.29, 0.717) is 18.7 Å². The molecule has 0 spiro atoms. The molecule has 0 aromatic heterocycles. The molecule has 1 atom stereocenters. The van der Waals surface area contributed by atoms with Gasteiger partial charge < -0.3 is 10.6 Å². The summed E-state index contributed by atoms with van der Waals surface area (Å²) in [6.45, 7) is 6.85. The Balaban J connectivity index is 1.77. The van der Waals surface area contributed by atoms with Gasteiger partial charge in [0.15, 0.2) is 0 Å². The maximum Gasteiger partial charge on any atom is 0.321 e. The number of benzene rings is 1. The van der Waals surface area contributed by atoms with E-state index in [2.05, 4.69) is 16.0 Å². The predicted octanol–water partition coefficient (Wildman–Crippen LogP) is 1.50. The van der Waals surface area contributed by atoms with Crippen LogP contribution < -0.4 is 16.0 Å². The average molecular weight is 360 g/mol. The van der Waals surface area contributed by atoms with E-state index in [1.807, 2.05) is 36.9 Å². The van der Waals surface area contributed by atoms with E-state index >= 15 is 0 Å². The zero-order valence-electron chi connectivity index (χ0n) is 15.6. The highest BCUT2D eigenvalue weighted by Gasteiger charge is 2.28. The largest absolute Gasteiger partial charge is 0.349 e. The number of carbonyl (C=O) groups excluding carboxylic acids is 3. The third kappa shape index (κ3) is 5.84. The van der Waals surface area contributed by atoms with Crippen molar-refractivity contribution in [1.29, 1.82) is 0 Å². The molecule has 0 bridgehead atoms. The number of likely N-dealkylation sites (tertiary alicyclic amines) is 1. The van der Waals surface area contributed by atoms with Gasteiger partial charge in [-0.3, -0.25) is 19.8 Å². The number of nitrogens with zero attached hydrogens (tertiary/aromatic N) is 1. The van der Waals surface area contributed by atoms with Crippen LogP contribution in [0.5, 0.6) is 0 Å². The third-order valence-electron chi connectivity index (χ3n) is 4.48. The zero-order chi connectivity index (χ0) is 19.1. The highest BCUT2D eigenvalue weighted by Crippen LogP contribution is 2.14. The molecule has 7 heteroatoms. The Bertz CT molecular complexity index is 625. The van der Waals surface area contributed by atoms with Gasteiger partial charge in [-0.05, 0) is 45.7 Å². The predicted molar refractivity (Wildman–Crippen MR) is 99.8 cm³/mol. The monoisotopic (exact) mass is 360 g/mol. The molecule has 26 heavy (non-hydrogen) atoms. The van der Waals surface area contributed by atoms with E-state index < -0.39 is 12.1 Å². The summed E-state index contributed by atoms with van der Waals surface area (Å²) in [5.41, 5.74) is 0.652. The maximum absolute atomic E-state index is 12.2. The van der Waals surface area contributed by atoms with Gasteiger partial charge in [0.05, 0.1) is 6.04 Å². The van der Waals surface area contributed by atoms with E-state index in [4.69, 9.17) is 0 Å². The first-order chi connectivity index (χ1) is 12.4. The standard InChI is InChI=1S/C19H28N4O3/c1-13(2)20-19(26)22-17(24)14(3)23-11-9-16(10-12-23)21-18(25)15-7-5-4-6-8-15/h4-8,13-14,16H,9-12H2,1-3H3,(H,21,25)(H2,20,22,24,26). The van der Waals surface area contributed by atoms with E-state index in [1.165, 1.54) is 0 Å². The molecular formula is C19H28N4O3. The Morgan fingerprint density at radius 1 is 1.04 bits per heavy atom. The molecule has 2 rings (SSSR count). The maximum atomic E-state index is 12.2. The SMILES string of the molecule is CC(C)NC(=O)NC(=O)C(C)N1CCC(NC(=O)c2ccccc2)CC1. The number of rotatable bonds is 5. The van der Waals surface area contributed by atoms with Crippen LogP contribution in [0.15, 0.2) is 30.3 Å². The molecule has 1 fully saturated rings. The summed E-state index contributed by atoms with van der Waals surface area (Å²) in [4.78, 5) is 38.1. The Morgan fingerprint density at radius 2 is 1.65 bits per heavy atom. The first-order valence-corrected chi connectivity index (χ1v) is 9.08. The molecule has 0 saturated carbocycles. The topological polar surface area (TPSA) is 90.5 Å². The van der Waals surface area contributed by atoms with Crippen molar-refractivity contribution in [2.45, 2.75) is 51.7 Å². The summed E-state index contributed by atoms with van der Waals surface area (Å²) in [7, 11) is 0. The highest BCUT2D eigenvalue weighted by atomic mass is 16.2. The summed E-state index contributed by atoms with van der Waals surface area (Å²) in [5.74, 6) is -0.380. The molecule has 1 saturated heterocycles. The van der Waals surface area contributed by atoms with Crippen LogP contribution >= 0.6 is 0 Å². The molecule has 1 aromatic rings. The third-order valence-corrected chi connectivity index (χ3v) is 4.48. The number of hydrogen-bond donors (Lipinski definition) is 3. The molecule has 0 radical (unpaired) electrons. The number of urea groups is 1. The van der Waals surface area contributed by atoms with Gasteiger partial charge in [0, 0.05) is 30.7 Å². The number of nitrogens with one attached hydrogen (secondary N) is 3. The normalized spacial score (nSPS) is 16.8. The van der Waals surface area contributed by atoms with E-state index in [9.17, 15) is 14.4 Å². The van der Waals surface area contributed by atoms with Crippen LogP contribution in [-0.2, 0) is 4.79 Å². The van der Waals surface area contributed by atoms with Crippen LogP contribution in [0, 0.1) is 0 Å². The second kappa shape index (κ2) is 9.33. The van der Waals surface area contributed by atoms with Crippen molar-refractivity contribution < 1.29 is 14.4 Å². The first kappa shape index (κ1) is 19.9. The average Bonchev–Trinajstić information content (AvgIpc) is 2.61. The fourth-order valence-electron chi connectivity index (χ4n) is 2.97. The molecule has 4 amide bonds. The molecule has 1 unspecified atom stereocenters. The molecule has 3 N–H and O–H groups in total. The van der Waals surface area contributed by atoms with Crippen LogP contribution in [0.1, 0.15) is 44.0 Å². The van der Waals surface area contributed by atoms with Crippen molar-refractivity contribution in [1.82, 2.24) is 20.9 Å². The second-order valence-electron chi connectivity index (χ2n) is 6.94. The summed E-state index contributed by atoms with van der Waals surface area (Å²) in [5, 5.41) is 8.06. The molecule has 1 aromatic carbocycles. The van der Waals surface area contributed by atoms with Gasteiger partial charge in [0.25, 0.3) is 5.91 Å². The number of imide groups is 1. The number of piperidine rings is 1. The second-order valence-corrected chi connectivity index (χ2v) is 6.94. The van der Waals surface area contributed by atoms with E-state index in [1.54, 1.807) is 19.1 Å². The smallest absolute Gasteiger partial charge is 0.321 e. The van der Waals surface area contributed by atoms with Gasteiger partial charge in [0.1, 0.15) is 0 Å². The summed E-state index contributed by atoms with van der Waals surface area (Å²) in [6.07, 6.45) is 1.54. The van der Waals surface area contributed by atoms with Crippen molar-refractivity contribution in [3.63, 3.8) is 0 Å². The minimum atomic E-state index is -0.470. The highest BCUT2D eigenvalue weighted by molar-refractivity contribution is 5.97. The van der Waals surface area contributed by atoms with Crippen LogP contribution in [-0.4, -0.2) is 54.0 Å². The van der Waals surface area contributed by atoms with Crippen molar-refractivity contribution >= 4 is 17.8 Å². The van der Waals surface area contributed by atoms with Crippen LogP contribution in [0.4, 0.5) is 4.79 Å². The van der Waals surface area contributed by atoms with Crippen LogP contribution in [0.3, 0.4) is 0 Å². The lowest BCUT2D eigenvalue weighted by Crippen LogP contribution is -2.54. The molecule has 1 aliphatic heterocycles. The lowest BCUT2D eigenvalue weighted by Gasteiger charge is -2.35. The summed E-state index contributed by atoms with van der Waals surface area (Å²) < 4.78 is 0. The van der Waals surface area contributed by atoms with Crippen LogP contribution in [0.2, 0.25) is 0 Å². The van der Waals surface area contributed by atoms with Gasteiger partial charge in [0.2, 0.25) is 5.91 Å². The Hall–Kier alpha value is -2.41. The Morgan fingerprint density at radius 3 is 2.23 bits per heavy atom. The van der Waals surface area contributed by atoms with Gasteiger partial charge >= 0.3 is 6.03 Å². The van der Waals surface area contributed by atoms with Gasteiger partial charge in [-0.25, -0.2) is 4.79 Å². The number of amides is 4. The van der Waals surface area contributed by atoms with Crippen molar-refractivity contribution in [3.05, 3.63) is 35.9 Å². The van der Waals surface area contributed by atoms with Crippen LogP contribution in [0.25, 0.3) is 0 Å². The van der Waals surface area contributed by atoms with Gasteiger partial charge in [-0.1, -0.05) is 18.2 Å². The number of carbonyl (C=O) groups is 3. The van der Waals surface area contributed by atoms with Crippen molar-refractivity contribution in [2.24, 2.45) is 0 Å². The first-order valence-electron chi connectivity index (χ1n) is 9.08. The zero-order valence-corrected chi connectivity index (χ0v) is 15.6. The van der Waals surface area contributed by atoms with Gasteiger partial charge in [-0.15, -0.1) is 0 Å². The van der Waals surface area contributed by atoms with Gasteiger partial charge in [-0.2, -0.15) is 0 Å².